The molecule has 0 aliphatic carbocycles. The number of hydrogen-bond donors (Lipinski definition) is 0. The van der Waals surface area contributed by atoms with Gasteiger partial charge in [0.25, 0.3) is 5.69 Å². The third kappa shape index (κ3) is 1.77. The summed E-state index contributed by atoms with van der Waals surface area (Å²) in [5.74, 6) is -0.572. The third-order valence-electron chi connectivity index (χ3n) is 3.29. The molecule has 17 heavy (non-hydrogen) atoms. The zero-order chi connectivity index (χ0) is 12.6. The number of ether oxygens (including phenoxy) is 1. The average Bonchev–Trinajstić information content (AvgIpc) is 2.54. The van der Waals surface area contributed by atoms with Crippen LogP contribution in [0.25, 0.3) is 0 Å². The van der Waals surface area contributed by atoms with E-state index in [4.69, 9.17) is 4.74 Å². The zero-order valence-corrected chi connectivity index (χ0v) is 9.67. The van der Waals surface area contributed by atoms with Crippen molar-refractivity contribution >= 4 is 11.7 Å². The Labute approximate surface area is 98.5 Å². The van der Waals surface area contributed by atoms with E-state index in [0.717, 1.165) is 0 Å². The molecule has 1 aliphatic heterocycles. The van der Waals surface area contributed by atoms with Gasteiger partial charge in [0.1, 0.15) is 0 Å². The summed E-state index contributed by atoms with van der Waals surface area (Å²) < 4.78 is 5.01. The van der Waals surface area contributed by atoms with Crippen molar-refractivity contribution in [1.29, 1.82) is 0 Å². The molecule has 0 N–H and O–H groups in total. The van der Waals surface area contributed by atoms with Crippen LogP contribution in [0.5, 0.6) is 0 Å². The van der Waals surface area contributed by atoms with Crippen LogP contribution in [-0.4, -0.2) is 17.5 Å². The number of carbonyl (C=O) groups excluding carboxylic acids is 1. The minimum atomic E-state index is -0.716. The van der Waals surface area contributed by atoms with Gasteiger partial charge < -0.3 is 4.74 Å². The van der Waals surface area contributed by atoms with E-state index in [1.54, 1.807) is 32.0 Å². The summed E-state index contributed by atoms with van der Waals surface area (Å²) in [5, 5.41) is 11.0. The molecule has 2 rings (SSSR count). The Morgan fingerprint density at radius 2 is 2.06 bits per heavy atom. The number of cyclic esters (lactones) is 1. The topological polar surface area (TPSA) is 69.4 Å². The lowest BCUT2D eigenvalue weighted by molar-refractivity contribution is -0.385. The summed E-state index contributed by atoms with van der Waals surface area (Å²) in [7, 11) is 0. The Morgan fingerprint density at radius 3 is 2.59 bits per heavy atom. The van der Waals surface area contributed by atoms with E-state index in [1.807, 2.05) is 0 Å². The van der Waals surface area contributed by atoms with Gasteiger partial charge >= 0.3 is 5.97 Å². The molecule has 0 bridgehead atoms. The fourth-order valence-corrected chi connectivity index (χ4v) is 2.12. The SMILES string of the molecule is CC1(C)C(=O)OC[C@H]1c1ccccc1[N+](=O)[O-]. The van der Waals surface area contributed by atoms with Crippen LogP contribution in [0.15, 0.2) is 24.3 Å². The summed E-state index contributed by atoms with van der Waals surface area (Å²) >= 11 is 0. The van der Waals surface area contributed by atoms with Gasteiger partial charge in [-0.25, -0.2) is 0 Å². The monoisotopic (exact) mass is 235 g/mol. The number of benzene rings is 1. The smallest absolute Gasteiger partial charge is 0.312 e. The van der Waals surface area contributed by atoms with E-state index in [9.17, 15) is 14.9 Å². The summed E-state index contributed by atoms with van der Waals surface area (Å²) in [6.45, 7) is 3.71. The molecule has 0 spiro atoms. The number of nitro groups is 1. The highest BCUT2D eigenvalue weighted by Gasteiger charge is 2.47. The quantitative estimate of drug-likeness (QED) is 0.448. The summed E-state index contributed by atoms with van der Waals surface area (Å²) in [5.41, 5.74) is -0.108. The fraction of sp³-hybridized carbons (Fsp3) is 0.417. The van der Waals surface area contributed by atoms with Crippen molar-refractivity contribution in [2.45, 2.75) is 19.8 Å². The van der Waals surface area contributed by atoms with Gasteiger partial charge in [-0.3, -0.25) is 14.9 Å². The van der Waals surface area contributed by atoms with Gasteiger partial charge in [-0.15, -0.1) is 0 Å². The number of nitrogens with zero attached hydrogens (tertiary/aromatic N) is 1. The van der Waals surface area contributed by atoms with E-state index in [1.165, 1.54) is 6.07 Å². The van der Waals surface area contributed by atoms with E-state index < -0.39 is 10.3 Å². The Hall–Kier alpha value is -1.91. The maximum atomic E-state index is 11.6. The number of para-hydroxylation sites is 1. The third-order valence-corrected chi connectivity index (χ3v) is 3.29. The minimum absolute atomic E-state index is 0.0453. The van der Waals surface area contributed by atoms with Crippen molar-refractivity contribution < 1.29 is 14.5 Å². The number of hydrogen-bond acceptors (Lipinski definition) is 4. The first-order chi connectivity index (χ1) is 7.94. The lowest BCUT2D eigenvalue weighted by Gasteiger charge is -2.21. The van der Waals surface area contributed by atoms with Gasteiger partial charge in [0.05, 0.1) is 16.9 Å². The maximum Gasteiger partial charge on any atom is 0.312 e. The number of esters is 1. The summed E-state index contributed by atoms with van der Waals surface area (Å²) in [6, 6.07) is 6.49. The Kier molecular flexibility index (Phi) is 2.61. The second-order valence-electron chi connectivity index (χ2n) is 4.69. The predicted octanol–water partition coefficient (Wildman–Crippen LogP) is 2.26. The molecule has 5 nitrogen and oxygen atoms in total. The average molecular weight is 235 g/mol. The van der Waals surface area contributed by atoms with E-state index in [-0.39, 0.29) is 24.2 Å². The highest BCUT2D eigenvalue weighted by Crippen LogP contribution is 2.44. The largest absolute Gasteiger partial charge is 0.465 e. The lowest BCUT2D eigenvalue weighted by Crippen LogP contribution is -2.25. The number of carbonyl (C=O) groups is 1. The van der Waals surface area contributed by atoms with Gasteiger partial charge in [-0.05, 0) is 13.8 Å². The number of nitro benzene ring substituents is 1. The normalized spacial score (nSPS) is 22.2. The fourth-order valence-electron chi connectivity index (χ4n) is 2.12. The van der Waals surface area contributed by atoms with Gasteiger partial charge in [-0.2, -0.15) is 0 Å². The van der Waals surface area contributed by atoms with Crippen LogP contribution in [0.4, 0.5) is 5.69 Å². The van der Waals surface area contributed by atoms with Gasteiger partial charge in [0.2, 0.25) is 0 Å². The van der Waals surface area contributed by atoms with Crippen molar-refractivity contribution in [1.82, 2.24) is 0 Å². The van der Waals surface area contributed by atoms with Gasteiger partial charge in [0, 0.05) is 17.5 Å². The van der Waals surface area contributed by atoms with Crippen LogP contribution >= 0.6 is 0 Å². The summed E-state index contributed by atoms with van der Waals surface area (Å²) in [4.78, 5) is 22.1. The standard InChI is InChI=1S/C12H13NO4/c1-12(2)9(7-17-11(12)14)8-5-3-4-6-10(8)13(15)16/h3-6,9H,7H2,1-2H3/t9-/m0/s1. The molecule has 5 heteroatoms. The van der Waals surface area contributed by atoms with Gasteiger partial charge in [0.15, 0.2) is 0 Å². The molecule has 90 valence electrons. The minimum Gasteiger partial charge on any atom is -0.465 e. The Bertz CT molecular complexity index is 481. The number of rotatable bonds is 2. The van der Waals surface area contributed by atoms with Crippen molar-refractivity contribution in [3.05, 3.63) is 39.9 Å². The molecule has 1 saturated heterocycles. The van der Waals surface area contributed by atoms with E-state index in [0.29, 0.717) is 5.56 Å². The summed E-state index contributed by atoms with van der Waals surface area (Å²) in [6.07, 6.45) is 0. The van der Waals surface area contributed by atoms with Crippen molar-refractivity contribution in [3.8, 4) is 0 Å². The first-order valence-electron chi connectivity index (χ1n) is 5.35. The molecule has 1 aromatic rings. The molecule has 0 unspecified atom stereocenters. The Morgan fingerprint density at radius 1 is 1.41 bits per heavy atom. The van der Waals surface area contributed by atoms with Crippen LogP contribution in [0, 0.1) is 15.5 Å². The van der Waals surface area contributed by atoms with Crippen LogP contribution < -0.4 is 0 Å². The molecular weight excluding hydrogens is 222 g/mol. The van der Waals surface area contributed by atoms with E-state index >= 15 is 0 Å². The molecule has 0 amide bonds. The second kappa shape index (κ2) is 3.84. The zero-order valence-electron chi connectivity index (χ0n) is 9.67. The second-order valence-corrected chi connectivity index (χ2v) is 4.69. The first kappa shape index (κ1) is 11.6. The Balaban J connectivity index is 2.48. The molecule has 1 aromatic carbocycles. The highest BCUT2D eigenvalue weighted by molar-refractivity contribution is 5.80. The van der Waals surface area contributed by atoms with Gasteiger partial charge in [-0.1, -0.05) is 18.2 Å². The van der Waals surface area contributed by atoms with Crippen LogP contribution in [0.3, 0.4) is 0 Å². The molecule has 1 atom stereocenters. The molecule has 1 fully saturated rings. The lowest BCUT2D eigenvalue weighted by atomic mass is 9.77. The molecular formula is C12H13NO4. The molecule has 1 aliphatic rings. The van der Waals surface area contributed by atoms with E-state index in [2.05, 4.69) is 0 Å². The van der Waals surface area contributed by atoms with Crippen LogP contribution in [0.1, 0.15) is 25.3 Å². The molecule has 0 saturated carbocycles. The predicted molar refractivity (Wildman–Crippen MR) is 60.6 cm³/mol. The molecule has 0 radical (unpaired) electrons. The maximum absolute atomic E-state index is 11.6. The van der Waals surface area contributed by atoms with Crippen molar-refractivity contribution in [3.63, 3.8) is 0 Å². The molecule has 1 heterocycles. The molecule has 0 aromatic heterocycles. The highest BCUT2D eigenvalue weighted by atomic mass is 16.6. The van der Waals surface area contributed by atoms with Crippen molar-refractivity contribution in [2.75, 3.05) is 6.61 Å². The first-order valence-corrected chi connectivity index (χ1v) is 5.35. The van der Waals surface area contributed by atoms with Crippen molar-refractivity contribution in [2.24, 2.45) is 5.41 Å². The van der Waals surface area contributed by atoms with Crippen LogP contribution in [0.2, 0.25) is 0 Å². The van der Waals surface area contributed by atoms with Crippen LogP contribution in [-0.2, 0) is 9.53 Å².